The molecule has 2 aromatic carbocycles. The van der Waals surface area contributed by atoms with Gasteiger partial charge in [0.25, 0.3) is 17.5 Å². The Hall–Kier alpha value is -3.26. The molecular weight excluding hydrogens is 362 g/mol. The molecule has 1 heterocycles. The maximum absolute atomic E-state index is 12.7. The fourth-order valence-electron chi connectivity index (χ4n) is 3.57. The molecule has 28 heavy (non-hydrogen) atoms. The van der Waals surface area contributed by atoms with Crippen LogP contribution in [0.15, 0.2) is 42.5 Å². The van der Waals surface area contributed by atoms with Gasteiger partial charge in [0, 0.05) is 30.5 Å². The van der Waals surface area contributed by atoms with Crippen molar-refractivity contribution in [3.63, 3.8) is 0 Å². The van der Waals surface area contributed by atoms with E-state index in [2.05, 4.69) is 0 Å². The Kier molecular flexibility index (Phi) is 4.56. The summed E-state index contributed by atoms with van der Waals surface area (Å²) in [6.07, 6.45) is 2.11. The Morgan fingerprint density at radius 3 is 2.39 bits per heavy atom. The topological polar surface area (TPSA) is 94.2 Å². The van der Waals surface area contributed by atoms with Crippen molar-refractivity contribution in [3.8, 4) is 5.75 Å². The Morgan fingerprint density at radius 1 is 1.11 bits per heavy atom. The van der Waals surface area contributed by atoms with Gasteiger partial charge in [-0.15, -0.1) is 0 Å². The molecule has 1 aliphatic heterocycles. The summed E-state index contributed by atoms with van der Waals surface area (Å²) < 4.78 is 5.18. The first-order valence-electron chi connectivity index (χ1n) is 9.10. The number of benzene rings is 2. The second-order valence-corrected chi connectivity index (χ2v) is 7.14. The van der Waals surface area contributed by atoms with E-state index in [9.17, 15) is 19.7 Å². The van der Waals surface area contributed by atoms with E-state index in [0.29, 0.717) is 12.6 Å². The van der Waals surface area contributed by atoms with Gasteiger partial charge in [0.05, 0.1) is 29.2 Å². The second-order valence-electron chi connectivity index (χ2n) is 7.14. The molecule has 4 rings (SSSR count). The summed E-state index contributed by atoms with van der Waals surface area (Å²) in [4.78, 5) is 38.2. The smallest absolute Gasteiger partial charge is 0.270 e. The molecule has 144 valence electrons. The van der Waals surface area contributed by atoms with Gasteiger partial charge in [-0.2, -0.15) is 0 Å². The lowest BCUT2D eigenvalue weighted by Crippen LogP contribution is -3.13. The molecule has 0 spiro atoms. The molecule has 1 unspecified atom stereocenters. The summed E-state index contributed by atoms with van der Waals surface area (Å²) >= 11 is 0. The number of hydrogen-bond acceptors (Lipinski definition) is 5. The van der Waals surface area contributed by atoms with E-state index in [4.69, 9.17) is 4.74 Å². The molecule has 0 saturated heterocycles. The fourth-order valence-corrected chi connectivity index (χ4v) is 3.57. The van der Waals surface area contributed by atoms with E-state index in [-0.39, 0.29) is 29.4 Å². The monoisotopic (exact) mass is 382 g/mol. The highest BCUT2D eigenvalue weighted by molar-refractivity contribution is 6.21. The standard InChI is InChI=1S/C20H19N3O5/c1-28-16-7-2-13(3-8-16)11-21(14-4-5-14)12-22-19(24)17-9-6-15(23(26)27)10-18(17)20(22)25/h2-3,6-10,14H,4-5,11-12H2,1H3/p+1. The van der Waals surface area contributed by atoms with Gasteiger partial charge >= 0.3 is 0 Å². The van der Waals surface area contributed by atoms with Crippen molar-refractivity contribution in [2.75, 3.05) is 13.8 Å². The predicted molar refractivity (Wildman–Crippen MR) is 99.1 cm³/mol. The largest absolute Gasteiger partial charge is 0.497 e. The third-order valence-corrected chi connectivity index (χ3v) is 5.27. The van der Waals surface area contributed by atoms with E-state index in [0.717, 1.165) is 29.1 Å². The van der Waals surface area contributed by atoms with E-state index in [1.807, 2.05) is 24.3 Å². The molecule has 0 aromatic heterocycles. The summed E-state index contributed by atoms with van der Waals surface area (Å²) in [5, 5.41) is 11.0. The molecule has 1 aliphatic carbocycles. The highest BCUT2D eigenvalue weighted by atomic mass is 16.6. The van der Waals surface area contributed by atoms with Gasteiger partial charge in [-0.1, -0.05) is 0 Å². The number of nitrogens with one attached hydrogen (secondary N) is 1. The van der Waals surface area contributed by atoms with Crippen LogP contribution >= 0.6 is 0 Å². The predicted octanol–water partition coefficient (Wildman–Crippen LogP) is 1.40. The SMILES string of the molecule is COc1ccc(C[NH+](CN2C(=O)c3ccc([N+](=O)[O-])cc3C2=O)C2CC2)cc1. The van der Waals surface area contributed by atoms with Crippen LogP contribution in [0.5, 0.6) is 5.75 Å². The summed E-state index contributed by atoms with van der Waals surface area (Å²) in [6.45, 7) is 0.930. The van der Waals surface area contributed by atoms with Gasteiger partial charge in [-0.3, -0.25) is 19.7 Å². The first-order chi connectivity index (χ1) is 13.5. The lowest BCUT2D eigenvalue weighted by atomic mass is 10.1. The van der Waals surface area contributed by atoms with Crippen LogP contribution < -0.4 is 9.64 Å². The number of rotatable bonds is 7. The fraction of sp³-hybridized carbons (Fsp3) is 0.300. The number of quaternary nitrogens is 1. The third kappa shape index (κ3) is 3.34. The zero-order chi connectivity index (χ0) is 19.8. The molecule has 8 heteroatoms. The zero-order valence-corrected chi connectivity index (χ0v) is 15.4. The third-order valence-electron chi connectivity index (χ3n) is 5.27. The van der Waals surface area contributed by atoms with Gasteiger partial charge in [-0.25, -0.2) is 4.90 Å². The van der Waals surface area contributed by atoms with Crippen molar-refractivity contribution < 1.29 is 24.1 Å². The number of nitrogens with zero attached hydrogens (tertiary/aromatic N) is 2. The van der Waals surface area contributed by atoms with Crippen LogP contribution in [0.25, 0.3) is 0 Å². The molecule has 0 bridgehead atoms. The van der Waals surface area contributed by atoms with Crippen LogP contribution in [-0.2, 0) is 6.54 Å². The normalized spacial score (nSPS) is 16.8. The number of ether oxygens (including phenoxy) is 1. The number of fused-ring (bicyclic) bond motifs is 1. The number of nitro benzene ring substituents is 1. The number of nitro groups is 1. The molecule has 1 fully saturated rings. The van der Waals surface area contributed by atoms with Crippen molar-refractivity contribution in [1.82, 2.24) is 4.90 Å². The lowest BCUT2D eigenvalue weighted by Gasteiger charge is -2.24. The maximum atomic E-state index is 12.7. The van der Waals surface area contributed by atoms with E-state index >= 15 is 0 Å². The summed E-state index contributed by atoms with van der Waals surface area (Å²) in [5.74, 6) is -0.0713. The minimum atomic E-state index is -0.563. The summed E-state index contributed by atoms with van der Waals surface area (Å²) in [7, 11) is 1.61. The van der Waals surface area contributed by atoms with E-state index in [1.165, 1.54) is 23.1 Å². The van der Waals surface area contributed by atoms with Crippen LogP contribution in [-0.4, -0.2) is 41.5 Å². The Balaban J connectivity index is 1.53. The van der Waals surface area contributed by atoms with Gasteiger partial charge < -0.3 is 9.64 Å². The lowest BCUT2D eigenvalue weighted by molar-refractivity contribution is -0.931. The van der Waals surface area contributed by atoms with Gasteiger partial charge in [0.15, 0.2) is 6.67 Å². The van der Waals surface area contributed by atoms with E-state index in [1.54, 1.807) is 7.11 Å². The number of imide groups is 1. The van der Waals surface area contributed by atoms with Crippen molar-refractivity contribution in [2.45, 2.75) is 25.4 Å². The molecule has 8 nitrogen and oxygen atoms in total. The minimum absolute atomic E-state index is 0.110. The average molecular weight is 382 g/mol. The second kappa shape index (κ2) is 7.05. The van der Waals surface area contributed by atoms with Gasteiger partial charge in [-0.05, 0) is 30.3 Å². The quantitative estimate of drug-likeness (QED) is 0.444. The number of non-ortho nitro benzene ring substituents is 1. The van der Waals surface area contributed by atoms with Crippen molar-refractivity contribution in [1.29, 1.82) is 0 Å². The maximum Gasteiger partial charge on any atom is 0.270 e. The number of amides is 2. The minimum Gasteiger partial charge on any atom is -0.497 e. The Labute approximate surface area is 161 Å². The number of carbonyl (C=O) groups excluding carboxylic acids is 2. The highest BCUT2D eigenvalue weighted by Gasteiger charge is 2.42. The molecule has 1 atom stereocenters. The molecule has 1 N–H and O–H groups in total. The molecule has 2 aliphatic rings. The van der Waals surface area contributed by atoms with Crippen LogP contribution in [0.3, 0.4) is 0 Å². The molecular formula is C20H20N3O5+. The van der Waals surface area contributed by atoms with Crippen LogP contribution in [0.2, 0.25) is 0 Å². The van der Waals surface area contributed by atoms with Gasteiger partial charge in [0.2, 0.25) is 0 Å². The number of methoxy groups -OCH3 is 1. The Morgan fingerprint density at radius 2 is 1.79 bits per heavy atom. The average Bonchev–Trinajstić information content (AvgIpc) is 3.52. The molecule has 0 radical (unpaired) electrons. The van der Waals surface area contributed by atoms with Crippen LogP contribution in [0, 0.1) is 10.1 Å². The first kappa shape index (κ1) is 18.1. The van der Waals surface area contributed by atoms with Crippen molar-refractivity contribution in [2.24, 2.45) is 0 Å². The van der Waals surface area contributed by atoms with Crippen LogP contribution in [0.4, 0.5) is 5.69 Å². The molecule has 2 amide bonds. The highest BCUT2D eigenvalue weighted by Crippen LogP contribution is 2.26. The van der Waals surface area contributed by atoms with Crippen molar-refractivity contribution in [3.05, 3.63) is 69.3 Å². The molecule has 2 aromatic rings. The number of carbonyl (C=O) groups is 2. The van der Waals surface area contributed by atoms with Crippen molar-refractivity contribution >= 4 is 17.5 Å². The first-order valence-corrected chi connectivity index (χ1v) is 9.10. The Bertz CT molecular complexity index is 953. The molecule has 1 saturated carbocycles. The zero-order valence-electron chi connectivity index (χ0n) is 15.4. The summed E-state index contributed by atoms with van der Waals surface area (Å²) in [5.41, 5.74) is 1.25. The van der Waals surface area contributed by atoms with Crippen LogP contribution in [0.1, 0.15) is 39.1 Å². The van der Waals surface area contributed by atoms with Gasteiger partial charge in [0.1, 0.15) is 12.3 Å². The number of hydrogen-bond donors (Lipinski definition) is 1. The van der Waals surface area contributed by atoms with E-state index < -0.39 is 10.8 Å². The summed E-state index contributed by atoms with van der Waals surface area (Å²) in [6, 6.07) is 12.0.